The van der Waals surface area contributed by atoms with Gasteiger partial charge in [0, 0.05) is 13.0 Å². The second-order valence-electron chi connectivity index (χ2n) is 6.32. The van der Waals surface area contributed by atoms with Crippen LogP contribution in [0.5, 0.6) is 0 Å². The Hall–Kier alpha value is -1.06. The molecule has 4 nitrogen and oxygen atoms in total. The van der Waals surface area contributed by atoms with Gasteiger partial charge in [-0.1, -0.05) is 58.3 Å². The first-order valence-electron chi connectivity index (χ1n) is 9.17. The highest BCUT2D eigenvalue weighted by atomic mass is 16.5. The lowest BCUT2D eigenvalue weighted by Gasteiger charge is -2.25. The molecule has 0 aromatic rings. The topological polar surface area (TPSA) is 46.6 Å². The summed E-state index contributed by atoms with van der Waals surface area (Å²) >= 11 is 0. The number of ether oxygens (including phenoxy) is 1. The third kappa shape index (κ3) is 9.06. The largest absolute Gasteiger partial charge is 0.464 e. The minimum atomic E-state index is -0.255. The molecule has 1 heterocycles. The molecule has 0 aliphatic carbocycles. The van der Waals surface area contributed by atoms with Crippen molar-refractivity contribution in [3.05, 3.63) is 0 Å². The van der Waals surface area contributed by atoms with Gasteiger partial charge in [0.15, 0.2) is 0 Å². The van der Waals surface area contributed by atoms with Crippen molar-refractivity contribution in [2.24, 2.45) is 0 Å². The first-order valence-corrected chi connectivity index (χ1v) is 9.17. The lowest BCUT2D eigenvalue weighted by molar-refractivity contribution is -0.150. The minimum absolute atomic E-state index is 0.0891. The molecule has 1 saturated heterocycles. The van der Waals surface area contributed by atoms with Crippen LogP contribution in [0.3, 0.4) is 0 Å². The number of likely N-dealkylation sites (tertiary alicyclic amines) is 1. The Kier molecular flexibility index (Phi) is 10.8. The van der Waals surface area contributed by atoms with E-state index in [0.717, 1.165) is 25.7 Å². The van der Waals surface area contributed by atoms with Gasteiger partial charge in [-0.15, -0.1) is 0 Å². The van der Waals surface area contributed by atoms with Gasteiger partial charge >= 0.3 is 5.97 Å². The van der Waals surface area contributed by atoms with Gasteiger partial charge in [-0.05, 0) is 19.3 Å². The van der Waals surface area contributed by atoms with Crippen molar-refractivity contribution >= 4 is 11.9 Å². The fraction of sp³-hybridized carbons (Fsp3) is 0.889. The van der Waals surface area contributed by atoms with E-state index < -0.39 is 0 Å². The maximum absolute atomic E-state index is 11.7. The van der Waals surface area contributed by atoms with Crippen LogP contribution < -0.4 is 0 Å². The van der Waals surface area contributed by atoms with Crippen LogP contribution in [0.25, 0.3) is 0 Å². The van der Waals surface area contributed by atoms with Crippen molar-refractivity contribution in [2.45, 2.75) is 84.0 Å². The van der Waals surface area contributed by atoms with Crippen LogP contribution in [0, 0.1) is 0 Å². The van der Waals surface area contributed by atoms with Crippen LogP contribution in [0.15, 0.2) is 0 Å². The number of hydrogen-bond acceptors (Lipinski definition) is 3. The maximum atomic E-state index is 11.7. The molecule has 1 amide bonds. The molecular formula is C18H33NO3. The molecule has 0 N–H and O–H groups in total. The smallest absolute Gasteiger partial charge is 0.325 e. The maximum Gasteiger partial charge on any atom is 0.325 e. The molecule has 0 atom stereocenters. The van der Waals surface area contributed by atoms with Crippen LogP contribution >= 0.6 is 0 Å². The highest BCUT2D eigenvalue weighted by Crippen LogP contribution is 2.11. The van der Waals surface area contributed by atoms with Crippen LogP contribution in [0.1, 0.15) is 84.0 Å². The Morgan fingerprint density at radius 3 is 2.27 bits per heavy atom. The Bertz CT molecular complexity index is 317. The lowest BCUT2D eigenvalue weighted by Crippen LogP contribution is -2.39. The number of nitrogens with zero attached hydrogens (tertiary/aromatic N) is 1. The minimum Gasteiger partial charge on any atom is -0.464 e. The summed E-state index contributed by atoms with van der Waals surface area (Å²) < 4.78 is 5.22. The summed E-state index contributed by atoms with van der Waals surface area (Å²) in [5, 5.41) is 0. The normalized spacial score (nSPS) is 15.1. The van der Waals surface area contributed by atoms with E-state index in [1.165, 1.54) is 44.9 Å². The summed E-state index contributed by atoms with van der Waals surface area (Å²) in [5.74, 6) is -0.166. The monoisotopic (exact) mass is 311 g/mol. The molecular weight excluding hydrogens is 278 g/mol. The second kappa shape index (κ2) is 12.5. The highest BCUT2D eigenvalue weighted by Gasteiger charge is 2.20. The number of esters is 1. The lowest BCUT2D eigenvalue weighted by atomic mass is 10.1. The zero-order valence-electron chi connectivity index (χ0n) is 14.3. The van der Waals surface area contributed by atoms with Gasteiger partial charge in [0.1, 0.15) is 6.54 Å². The molecule has 1 fully saturated rings. The second-order valence-corrected chi connectivity index (χ2v) is 6.32. The molecule has 0 saturated carbocycles. The Morgan fingerprint density at radius 2 is 1.64 bits per heavy atom. The van der Waals surface area contributed by atoms with E-state index in [1.54, 1.807) is 4.90 Å². The average Bonchev–Trinajstić information content (AvgIpc) is 2.51. The van der Waals surface area contributed by atoms with Crippen LogP contribution in [-0.4, -0.2) is 36.5 Å². The summed E-state index contributed by atoms with van der Waals surface area (Å²) in [6, 6.07) is 0. The fourth-order valence-electron chi connectivity index (χ4n) is 2.83. The molecule has 4 heteroatoms. The van der Waals surface area contributed by atoms with Crippen molar-refractivity contribution in [1.29, 1.82) is 0 Å². The fourth-order valence-corrected chi connectivity index (χ4v) is 2.83. The van der Waals surface area contributed by atoms with Crippen LogP contribution in [0.2, 0.25) is 0 Å². The summed E-state index contributed by atoms with van der Waals surface area (Å²) in [4.78, 5) is 24.9. The highest BCUT2D eigenvalue weighted by molar-refractivity contribution is 5.82. The predicted molar refractivity (Wildman–Crippen MR) is 88.6 cm³/mol. The van der Waals surface area contributed by atoms with Crippen molar-refractivity contribution < 1.29 is 14.3 Å². The van der Waals surface area contributed by atoms with Gasteiger partial charge in [0.05, 0.1) is 6.61 Å². The Balaban J connectivity index is 1.89. The van der Waals surface area contributed by atoms with Crippen molar-refractivity contribution in [1.82, 2.24) is 4.90 Å². The van der Waals surface area contributed by atoms with Crippen molar-refractivity contribution in [3.63, 3.8) is 0 Å². The first kappa shape index (κ1) is 19.0. The predicted octanol–water partition coefficient (Wildman–Crippen LogP) is 4.07. The van der Waals surface area contributed by atoms with E-state index in [1.807, 2.05) is 0 Å². The number of unbranched alkanes of at least 4 members (excludes halogenated alkanes) is 8. The summed E-state index contributed by atoms with van der Waals surface area (Å²) in [6.45, 7) is 3.57. The number of rotatable bonds is 12. The molecule has 0 bridgehead atoms. The molecule has 1 rings (SSSR count). The van der Waals surface area contributed by atoms with Crippen LogP contribution in [0.4, 0.5) is 0 Å². The van der Waals surface area contributed by atoms with Crippen molar-refractivity contribution in [2.75, 3.05) is 19.7 Å². The molecule has 0 unspecified atom stereocenters. The van der Waals surface area contributed by atoms with Crippen LogP contribution in [-0.2, 0) is 14.3 Å². The Morgan fingerprint density at radius 1 is 1.00 bits per heavy atom. The summed E-state index contributed by atoms with van der Waals surface area (Å²) in [5.41, 5.74) is 0. The molecule has 0 spiro atoms. The zero-order valence-corrected chi connectivity index (χ0v) is 14.3. The SMILES string of the molecule is CCCCCCCCCCCOC(=O)CN1CCCCC1=O. The number of carbonyl (C=O) groups is 2. The molecule has 0 aromatic heterocycles. The van der Waals surface area contributed by atoms with E-state index in [2.05, 4.69) is 6.92 Å². The van der Waals surface area contributed by atoms with E-state index in [4.69, 9.17) is 4.74 Å². The number of amides is 1. The molecule has 128 valence electrons. The Labute approximate surface area is 135 Å². The zero-order chi connectivity index (χ0) is 16.0. The third-order valence-corrected chi connectivity index (χ3v) is 4.25. The van der Waals surface area contributed by atoms with Gasteiger partial charge in [-0.25, -0.2) is 0 Å². The average molecular weight is 311 g/mol. The number of carbonyl (C=O) groups excluding carboxylic acids is 2. The van der Waals surface area contributed by atoms with Gasteiger partial charge in [0.25, 0.3) is 0 Å². The summed E-state index contributed by atoms with van der Waals surface area (Å²) in [6.07, 6.45) is 13.8. The first-order chi connectivity index (χ1) is 10.7. The van der Waals surface area contributed by atoms with Crippen molar-refractivity contribution in [3.8, 4) is 0 Å². The molecule has 1 aliphatic heterocycles. The van der Waals surface area contributed by atoms with E-state index >= 15 is 0 Å². The molecule has 22 heavy (non-hydrogen) atoms. The van der Waals surface area contributed by atoms with E-state index in [0.29, 0.717) is 19.6 Å². The number of hydrogen-bond donors (Lipinski definition) is 0. The number of piperidine rings is 1. The quantitative estimate of drug-likeness (QED) is 0.403. The van der Waals surface area contributed by atoms with Gasteiger partial charge in [0.2, 0.25) is 5.91 Å². The van der Waals surface area contributed by atoms with Gasteiger partial charge in [-0.3, -0.25) is 9.59 Å². The van der Waals surface area contributed by atoms with Gasteiger partial charge in [-0.2, -0.15) is 0 Å². The van der Waals surface area contributed by atoms with Gasteiger partial charge < -0.3 is 9.64 Å². The standard InChI is InChI=1S/C18H33NO3/c1-2-3-4-5-6-7-8-9-12-15-22-18(21)16-19-14-11-10-13-17(19)20/h2-16H2,1H3. The third-order valence-electron chi connectivity index (χ3n) is 4.25. The molecule has 1 aliphatic rings. The van der Waals surface area contributed by atoms with E-state index in [9.17, 15) is 9.59 Å². The molecule has 0 aromatic carbocycles. The molecule has 0 radical (unpaired) electrons. The summed E-state index contributed by atoms with van der Waals surface area (Å²) in [7, 11) is 0. The van der Waals surface area contributed by atoms with E-state index in [-0.39, 0.29) is 18.4 Å².